The van der Waals surface area contributed by atoms with Gasteiger partial charge in [0, 0.05) is 41.4 Å². The van der Waals surface area contributed by atoms with Gasteiger partial charge >= 0.3 is 6.18 Å². The third-order valence-corrected chi connectivity index (χ3v) is 12.5. The van der Waals surface area contributed by atoms with E-state index in [4.69, 9.17) is 9.16 Å². The number of nitrogens with zero attached hydrogens (tertiary/aromatic N) is 1. The number of anilines is 1. The molecule has 0 aliphatic rings. The highest BCUT2D eigenvalue weighted by atomic mass is 28.4. The number of alkyl halides is 3. The van der Waals surface area contributed by atoms with Gasteiger partial charge in [-0.25, -0.2) is 4.39 Å². The average molecular weight is 633 g/mol. The lowest BCUT2D eigenvalue weighted by molar-refractivity contribution is -0.138. The molecule has 0 atom stereocenters. The zero-order chi connectivity index (χ0) is 33.1. The Kier molecular flexibility index (Phi) is 10.7. The van der Waals surface area contributed by atoms with Gasteiger partial charge in [-0.15, -0.1) is 0 Å². The van der Waals surface area contributed by atoms with E-state index in [1.807, 2.05) is 27.7 Å². The number of ether oxygens (including phenoxy) is 1. The second-order valence-electron chi connectivity index (χ2n) is 13.6. The number of hydrogen-bond donors (Lipinski definition) is 1. The smallest absolute Gasteiger partial charge is 0.416 e. The summed E-state index contributed by atoms with van der Waals surface area (Å²) in [6.45, 7) is 18.8. The van der Waals surface area contributed by atoms with Crippen molar-refractivity contribution in [1.29, 1.82) is 0 Å². The van der Waals surface area contributed by atoms with Crippen LogP contribution in [0.25, 0.3) is 11.1 Å². The number of halogens is 4. The van der Waals surface area contributed by atoms with E-state index >= 15 is 4.39 Å². The van der Waals surface area contributed by atoms with E-state index in [1.165, 1.54) is 24.4 Å². The van der Waals surface area contributed by atoms with Crippen LogP contribution in [-0.2, 0) is 28.2 Å². The molecule has 1 amide bonds. The number of aromatic nitrogens is 1. The number of hydrogen-bond acceptors (Lipinski definition) is 4. The molecule has 44 heavy (non-hydrogen) atoms. The number of pyridine rings is 1. The molecular formula is C34H44F4N2O3Si. The summed E-state index contributed by atoms with van der Waals surface area (Å²) in [6.07, 6.45) is -3.15. The topological polar surface area (TPSA) is 60.5 Å². The fourth-order valence-corrected chi connectivity index (χ4v) is 5.71. The van der Waals surface area contributed by atoms with Gasteiger partial charge in [-0.3, -0.25) is 9.78 Å². The zero-order valence-electron chi connectivity index (χ0n) is 27.1. The van der Waals surface area contributed by atoms with Gasteiger partial charge in [0.2, 0.25) is 5.91 Å². The number of carbonyl (C=O) groups is 1. The molecule has 1 heterocycles. The highest BCUT2D eigenvalue weighted by molar-refractivity contribution is 6.74. The molecule has 0 fully saturated rings. The number of aryl methyl sites for hydroxylation is 1. The molecule has 0 saturated carbocycles. The lowest BCUT2D eigenvalue weighted by Crippen LogP contribution is -2.43. The maximum absolute atomic E-state index is 15.1. The van der Waals surface area contributed by atoms with Crippen LogP contribution in [0.4, 0.5) is 23.2 Å². The monoisotopic (exact) mass is 632 g/mol. The normalized spacial score (nSPS) is 12.8. The van der Waals surface area contributed by atoms with Gasteiger partial charge in [0.1, 0.15) is 11.6 Å². The predicted molar refractivity (Wildman–Crippen MR) is 170 cm³/mol. The number of nitrogens with one attached hydrogen (secondary N) is 1. The predicted octanol–water partition coefficient (Wildman–Crippen LogP) is 9.39. The molecule has 10 heteroatoms. The van der Waals surface area contributed by atoms with Gasteiger partial charge in [0.05, 0.1) is 18.6 Å². The van der Waals surface area contributed by atoms with Crippen LogP contribution in [0.15, 0.2) is 48.7 Å². The van der Waals surface area contributed by atoms with Crippen molar-refractivity contribution >= 4 is 19.9 Å². The van der Waals surface area contributed by atoms with Crippen LogP contribution < -0.4 is 10.1 Å². The largest absolute Gasteiger partial charge is 0.493 e. The fourth-order valence-electron chi connectivity index (χ4n) is 4.52. The Labute approximate surface area is 259 Å². The molecule has 0 aliphatic carbocycles. The Hall–Kier alpha value is -3.24. The number of amides is 1. The second-order valence-corrected chi connectivity index (χ2v) is 18.4. The Morgan fingerprint density at radius 2 is 1.66 bits per heavy atom. The second kappa shape index (κ2) is 13.4. The van der Waals surface area contributed by atoms with Crippen LogP contribution in [0, 0.1) is 18.2 Å². The Bertz CT molecular complexity index is 1480. The van der Waals surface area contributed by atoms with Crippen LogP contribution in [-0.4, -0.2) is 32.4 Å². The molecule has 0 radical (unpaired) electrons. The molecular weight excluding hydrogens is 588 g/mol. The highest BCUT2D eigenvalue weighted by Crippen LogP contribution is 2.40. The first-order valence-electron chi connectivity index (χ1n) is 14.7. The zero-order valence-corrected chi connectivity index (χ0v) is 28.1. The SMILES string of the molecule is CCOc1cc(C)ncc1-c1ccc(CC(=O)Nc2ccc(CC(C)(C)CO[Si](C)(C)C(C)(C)C)c(C(F)(F)F)c2)cc1F. The van der Waals surface area contributed by atoms with Crippen molar-refractivity contribution in [3.8, 4) is 16.9 Å². The van der Waals surface area contributed by atoms with Gasteiger partial charge < -0.3 is 14.5 Å². The van der Waals surface area contributed by atoms with Crippen molar-refractivity contribution in [3.63, 3.8) is 0 Å². The van der Waals surface area contributed by atoms with Crippen LogP contribution in [0.3, 0.4) is 0 Å². The van der Waals surface area contributed by atoms with Crippen molar-refractivity contribution in [2.24, 2.45) is 5.41 Å². The minimum absolute atomic E-state index is 0.0143. The molecule has 3 rings (SSSR count). The summed E-state index contributed by atoms with van der Waals surface area (Å²) in [5, 5.41) is 2.53. The van der Waals surface area contributed by atoms with E-state index in [9.17, 15) is 18.0 Å². The van der Waals surface area contributed by atoms with Crippen molar-refractivity contribution < 1.29 is 31.5 Å². The number of carbonyl (C=O) groups excluding carboxylic acids is 1. The lowest BCUT2D eigenvalue weighted by atomic mass is 9.84. The number of rotatable bonds is 11. The van der Waals surface area contributed by atoms with Gasteiger partial charge in [0.25, 0.3) is 0 Å². The van der Waals surface area contributed by atoms with E-state index in [2.05, 4.69) is 44.2 Å². The van der Waals surface area contributed by atoms with Gasteiger partial charge in [-0.05, 0) is 73.1 Å². The third-order valence-electron chi connectivity index (χ3n) is 7.99. The summed E-state index contributed by atoms with van der Waals surface area (Å²) in [6, 6.07) is 9.95. The van der Waals surface area contributed by atoms with E-state index < -0.39 is 37.2 Å². The van der Waals surface area contributed by atoms with E-state index in [1.54, 1.807) is 18.2 Å². The lowest BCUT2D eigenvalue weighted by Gasteiger charge is -2.39. The van der Waals surface area contributed by atoms with E-state index in [0.29, 0.717) is 30.1 Å². The molecule has 3 aromatic rings. The van der Waals surface area contributed by atoms with Crippen LogP contribution >= 0.6 is 0 Å². The molecule has 2 aromatic carbocycles. The van der Waals surface area contributed by atoms with Crippen LogP contribution in [0.2, 0.25) is 18.1 Å². The summed E-state index contributed by atoms with van der Waals surface area (Å²) in [5.74, 6) is -0.626. The first-order valence-corrected chi connectivity index (χ1v) is 17.7. The van der Waals surface area contributed by atoms with Gasteiger partial charge in [0.15, 0.2) is 8.32 Å². The molecule has 5 nitrogen and oxygen atoms in total. The molecule has 0 spiro atoms. The Morgan fingerprint density at radius 1 is 0.977 bits per heavy atom. The van der Waals surface area contributed by atoms with E-state index in [-0.39, 0.29) is 34.7 Å². The molecule has 1 aromatic heterocycles. The first-order chi connectivity index (χ1) is 20.2. The standard InChI is InChI=1S/C34H44F4N2O3Si/c1-10-42-30-15-22(2)39-20-27(30)26-14-11-23(16-29(26)35)17-31(41)40-25-13-12-24(28(18-25)34(36,37)38)19-33(6,7)21-43-44(8,9)32(3,4)5/h11-16,18,20H,10,17,19,21H2,1-9H3,(H,40,41). The van der Waals surface area contributed by atoms with E-state index in [0.717, 1.165) is 11.8 Å². The quantitative estimate of drug-likeness (QED) is 0.169. The minimum Gasteiger partial charge on any atom is -0.493 e. The Balaban J connectivity index is 1.75. The fraction of sp³-hybridized carbons (Fsp3) is 0.471. The summed E-state index contributed by atoms with van der Waals surface area (Å²) >= 11 is 0. The van der Waals surface area contributed by atoms with Crippen LogP contribution in [0.5, 0.6) is 5.75 Å². The highest BCUT2D eigenvalue weighted by Gasteiger charge is 2.39. The van der Waals surface area contributed by atoms with Crippen molar-refractivity contribution in [2.75, 3.05) is 18.5 Å². The van der Waals surface area contributed by atoms with Crippen molar-refractivity contribution in [2.45, 2.75) is 85.6 Å². The first kappa shape index (κ1) is 35.2. The van der Waals surface area contributed by atoms with Gasteiger partial charge in [-0.1, -0.05) is 52.8 Å². The molecule has 0 unspecified atom stereocenters. The summed E-state index contributed by atoms with van der Waals surface area (Å²) < 4.78 is 69.5. The molecule has 240 valence electrons. The molecule has 1 N–H and O–H groups in total. The number of benzene rings is 2. The molecule has 0 saturated heterocycles. The maximum Gasteiger partial charge on any atom is 0.416 e. The third kappa shape index (κ3) is 9.14. The van der Waals surface area contributed by atoms with Gasteiger partial charge in [-0.2, -0.15) is 13.2 Å². The minimum atomic E-state index is -4.61. The molecule has 0 bridgehead atoms. The Morgan fingerprint density at radius 3 is 2.25 bits per heavy atom. The molecule has 0 aliphatic heterocycles. The maximum atomic E-state index is 15.1. The summed E-state index contributed by atoms with van der Waals surface area (Å²) in [4.78, 5) is 17.0. The van der Waals surface area contributed by atoms with Crippen molar-refractivity contribution in [3.05, 3.63) is 76.9 Å². The van der Waals surface area contributed by atoms with Crippen molar-refractivity contribution in [1.82, 2.24) is 4.98 Å². The van der Waals surface area contributed by atoms with Crippen LogP contribution in [0.1, 0.15) is 63.9 Å². The summed E-state index contributed by atoms with van der Waals surface area (Å²) in [5.41, 5.74) is 0.662. The summed E-state index contributed by atoms with van der Waals surface area (Å²) in [7, 11) is -2.08. The average Bonchev–Trinajstić information content (AvgIpc) is 2.88.